The van der Waals surface area contributed by atoms with Gasteiger partial charge in [-0.3, -0.25) is 4.79 Å². The van der Waals surface area contributed by atoms with Gasteiger partial charge >= 0.3 is 0 Å². The number of carbonyl (C=O) groups is 1. The molecule has 1 aromatic carbocycles. The van der Waals surface area contributed by atoms with Gasteiger partial charge in [0.15, 0.2) is 0 Å². The van der Waals surface area contributed by atoms with Gasteiger partial charge in [0.2, 0.25) is 0 Å². The normalized spacial score (nSPS) is 19.2. The molecule has 0 bridgehead atoms. The molecule has 1 heterocycles. The molecule has 1 amide bonds. The second-order valence-corrected chi connectivity index (χ2v) is 5.49. The minimum Gasteiger partial charge on any atom is -0.338 e. The van der Waals surface area contributed by atoms with Crippen LogP contribution in [0.5, 0.6) is 0 Å². The van der Waals surface area contributed by atoms with Crippen LogP contribution in [-0.2, 0) is 0 Å². The molecule has 1 unspecified atom stereocenters. The van der Waals surface area contributed by atoms with Gasteiger partial charge in [0.05, 0.1) is 10.6 Å². The Morgan fingerprint density at radius 1 is 1.40 bits per heavy atom. The quantitative estimate of drug-likeness (QED) is 0.873. The van der Waals surface area contributed by atoms with Crippen LogP contribution in [0.2, 0.25) is 5.02 Å². The summed E-state index contributed by atoms with van der Waals surface area (Å²) in [7, 11) is 0. The minimum absolute atomic E-state index is 0.264. The summed E-state index contributed by atoms with van der Waals surface area (Å²) in [5.74, 6) is -1.73. The first-order chi connectivity index (χ1) is 9.52. The molecule has 1 atom stereocenters. The summed E-state index contributed by atoms with van der Waals surface area (Å²) >= 11 is 5.49. The highest BCUT2D eigenvalue weighted by molar-refractivity contribution is 6.30. The number of benzene rings is 1. The van der Waals surface area contributed by atoms with Crippen LogP contribution in [0.1, 0.15) is 29.6 Å². The van der Waals surface area contributed by atoms with Crippen LogP contribution in [0, 0.1) is 17.6 Å². The Bertz CT molecular complexity index is 508. The number of hydrogen-bond donors (Lipinski definition) is 1. The number of amides is 1. The van der Waals surface area contributed by atoms with E-state index < -0.39 is 17.5 Å². The maximum Gasteiger partial charge on any atom is 0.256 e. The Balaban J connectivity index is 2.16. The minimum atomic E-state index is -0.789. The van der Waals surface area contributed by atoms with Crippen molar-refractivity contribution in [2.45, 2.75) is 19.3 Å². The van der Waals surface area contributed by atoms with Gasteiger partial charge in [-0.25, -0.2) is 8.78 Å². The monoisotopic (exact) mass is 302 g/mol. The molecule has 1 saturated heterocycles. The fourth-order valence-corrected chi connectivity index (χ4v) is 2.73. The second-order valence-electron chi connectivity index (χ2n) is 5.08. The van der Waals surface area contributed by atoms with E-state index in [1.54, 1.807) is 4.90 Å². The highest BCUT2D eigenvalue weighted by atomic mass is 35.5. The number of nitrogens with two attached hydrogens (primary N) is 1. The lowest BCUT2D eigenvalue weighted by Gasteiger charge is -2.32. The summed E-state index contributed by atoms with van der Waals surface area (Å²) in [6.45, 7) is 1.67. The molecule has 20 heavy (non-hydrogen) atoms. The van der Waals surface area contributed by atoms with Crippen molar-refractivity contribution in [2.24, 2.45) is 11.7 Å². The van der Waals surface area contributed by atoms with Gasteiger partial charge < -0.3 is 10.6 Å². The van der Waals surface area contributed by atoms with Crippen molar-refractivity contribution in [1.29, 1.82) is 0 Å². The van der Waals surface area contributed by atoms with Crippen LogP contribution in [-0.4, -0.2) is 30.4 Å². The van der Waals surface area contributed by atoms with Crippen molar-refractivity contribution in [1.82, 2.24) is 4.90 Å². The number of nitrogens with zero attached hydrogens (tertiary/aromatic N) is 1. The van der Waals surface area contributed by atoms with Crippen LogP contribution < -0.4 is 5.73 Å². The number of rotatable bonds is 3. The Morgan fingerprint density at radius 2 is 2.15 bits per heavy atom. The highest BCUT2D eigenvalue weighted by Crippen LogP contribution is 2.24. The first-order valence-corrected chi connectivity index (χ1v) is 7.04. The van der Waals surface area contributed by atoms with Crippen LogP contribution in [0.3, 0.4) is 0 Å². The van der Waals surface area contributed by atoms with Gasteiger partial charge in [-0.1, -0.05) is 11.6 Å². The summed E-state index contributed by atoms with van der Waals surface area (Å²) in [6.07, 6.45) is 2.70. The fourth-order valence-electron chi connectivity index (χ4n) is 2.58. The van der Waals surface area contributed by atoms with E-state index in [2.05, 4.69) is 0 Å². The van der Waals surface area contributed by atoms with E-state index in [0.29, 0.717) is 25.6 Å². The molecule has 1 fully saturated rings. The third kappa shape index (κ3) is 3.27. The molecule has 1 aliphatic rings. The van der Waals surface area contributed by atoms with Crippen molar-refractivity contribution in [2.75, 3.05) is 19.6 Å². The third-order valence-corrected chi connectivity index (χ3v) is 3.91. The van der Waals surface area contributed by atoms with Gasteiger partial charge in [-0.15, -0.1) is 0 Å². The van der Waals surface area contributed by atoms with E-state index in [0.717, 1.165) is 31.4 Å². The van der Waals surface area contributed by atoms with E-state index in [1.165, 1.54) is 0 Å². The lowest BCUT2D eigenvalue weighted by Crippen LogP contribution is -2.40. The number of hydrogen-bond acceptors (Lipinski definition) is 2. The van der Waals surface area contributed by atoms with Gasteiger partial charge in [0, 0.05) is 13.1 Å². The first kappa shape index (κ1) is 15.2. The Labute approximate surface area is 121 Å². The summed E-state index contributed by atoms with van der Waals surface area (Å²) in [4.78, 5) is 13.8. The molecule has 0 aromatic heterocycles. The molecule has 0 spiro atoms. The van der Waals surface area contributed by atoms with Crippen LogP contribution in [0.4, 0.5) is 8.78 Å². The lowest BCUT2D eigenvalue weighted by atomic mass is 9.94. The Morgan fingerprint density at radius 3 is 2.85 bits per heavy atom. The number of likely N-dealkylation sites (tertiary alicyclic amines) is 1. The first-order valence-electron chi connectivity index (χ1n) is 6.66. The topological polar surface area (TPSA) is 46.3 Å². The lowest BCUT2D eigenvalue weighted by molar-refractivity contribution is 0.0664. The molecular formula is C14H17ClF2N2O. The second kappa shape index (κ2) is 6.50. The standard InChI is InChI=1S/C14H17ClF2N2O/c15-11-7-12(16)10(6-13(11)17)14(20)19-5-1-2-9(8-19)3-4-18/h6-7,9H,1-5,8,18H2. The summed E-state index contributed by atoms with van der Waals surface area (Å²) in [5, 5.41) is -0.321. The maximum atomic E-state index is 13.8. The zero-order valence-corrected chi connectivity index (χ0v) is 11.8. The van der Waals surface area contributed by atoms with E-state index in [1.807, 2.05) is 0 Å². The predicted octanol–water partition coefficient (Wildman–Crippen LogP) is 2.82. The molecule has 3 nitrogen and oxygen atoms in total. The number of piperidine rings is 1. The van der Waals surface area contributed by atoms with E-state index in [-0.39, 0.29) is 10.6 Å². The number of carbonyl (C=O) groups excluding carboxylic acids is 1. The molecule has 6 heteroatoms. The van der Waals surface area contributed by atoms with Crippen molar-refractivity contribution in [3.63, 3.8) is 0 Å². The molecule has 0 radical (unpaired) electrons. The molecule has 1 aliphatic heterocycles. The average Bonchev–Trinajstić information content (AvgIpc) is 2.43. The third-order valence-electron chi connectivity index (χ3n) is 3.62. The highest BCUT2D eigenvalue weighted by Gasteiger charge is 2.26. The smallest absolute Gasteiger partial charge is 0.256 e. The van der Waals surface area contributed by atoms with Crippen LogP contribution in [0.25, 0.3) is 0 Å². The summed E-state index contributed by atoms with van der Waals surface area (Å²) in [6, 6.07) is 1.71. The van der Waals surface area contributed by atoms with E-state index in [4.69, 9.17) is 17.3 Å². The predicted molar refractivity (Wildman–Crippen MR) is 73.7 cm³/mol. The summed E-state index contributed by atoms with van der Waals surface area (Å²) < 4.78 is 27.2. The van der Waals surface area contributed by atoms with Gasteiger partial charge in [0.1, 0.15) is 11.6 Å². The van der Waals surface area contributed by atoms with Gasteiger partial charge in [-0.2, -0.15) is 0 Å². The largest absolute Gasteiger partial charge is 0.338 e. The van der Waals surface area contributed by atoms with Crippen molar-refractivity contribution in [3.8, 4) is 0 Å². The molecule has 1 aromatic rings. The maximum absolute atomic E-state index is 13.8. The number of halogens is 3. The SMILES string of the molecule is NCCC1CCCN(C(=O)c2cc(F)c(Cl)cc2F)C1. The Kier molecular flexibility index (Phi) is 4.94. The van der Waals surface area contributed by atoms with Crippen LogP contribution >= 0.6 is 11.6 Å². The molecule has 0 saturated carbocycles. The summed E-state index contributed by atoms with van der Waals surface area (Å²) in [5.41, 5.74) is 5.26. The molecule has 0 aliphatic carbocycles. The molecule has 110 valence electrons. The zero-order chi connectivity index (χ0) is 14.7. The molecule has 2 rings (SSSR count). The zero-order valence-electron chi connectivity index (χ0n) is 11.0. The van der Waals surface area contributed by atoms with Crippen LogP contribution in [0.15, 0.2) is 12.1 Å². The molecular weight excluding hydrogens is 286 g/mol. The van der Waals surface area contributed by atoms with E-state index in [9.17, 15) is 13.6 Å². The van der Waals surface area contributed by atoms with E-state index >= 15 is 0 Å². The van der Waals surface area contributed by atoms with Crippen molar-refractivity contribution in [3.05, 3.63) is 34.4 Å². The average molecular weight is 303 g/mol. The Hall–Kier alpha value is -1.20. The van der Waals surface area contributed by atoms with Gasteiger partial charge in [0.25, 0.3) is 5.91 Å². The van der Waals surface area contributed by atoms with Gasteiger partial charge in [-0.05, 0) is 43.9 Å². The molecule has 2 N–H and O–H groups in total. The van der Waals surface area contributed by atoms with Crippen molar-refractivity contribution < 1.29 is 13.6 Å². The van der Waals surface area contributed by atoms with Crippen molar-refractivity contribution >= 4 is 17.5 Å². The fraction of sp³-hybridized carbons (Fsp3) is 0.500.